The summed E-state index contributed by atoms with van der Waals surface area (Å²) in [5.41, 5.74) is 2.47. The van der Waals surface area contributed by atoms with Crippen LogP contribution in [-0.2, 0) is 20.1 Å². The number of esters is 1. The minimum Gasteiger partial charge on any atom is -0.469 e. The van der Waals surface area contributed by atoms with Gasteiger partial charge in [-0.15, -0.1) is 11.8 Å². The lowest BCUT2D eigenvalue weighted by atomic mass is 10.2. The quantitative estimate of drug-likeness (QED) is 0.693. The Hall–Kier alpha value is -1.49. The van der Waals surface area contributed by atoms with Crippen molar-refractivity contribution < 1.29 is 14.3 Å². The van der Waals surface area contributed by atoms with Gasteiger partial charge in [0.15, 0.2) is 0 Å². The fourth-order valence-electron chi connectivity index (χ4n) is 1.86. The summed E-state index contributed by atoms with van der Waals surface area (Å²) in [6, 6.07) is 8.31. The molecule has 0 heterocycles. The third-order valence-corrected chi connectivity index (χ3v) is 4.09. The average molecular weight is 309 g/mol. The van der Waals surface area contributed by atoms with E-state index >= 15 is 0 Å². The number of methoxy groups -OCH3 is 1. The minimum absolute atomic E-state index is 0.0949. The normalized spacial score (nSPS) is 10.2. The van der Waals surface area contributed by atoms with E-state index in [9.17, 15) is 9.59 Å². The first kappa shape index (κ1) is 17.6. The molecule has 0 fully saturated rings. The number of carbonyl (C=O) groups excluding carboxylic acids is 2. The summed E-state index contributed by atoms with van der Waals surface area (Å²) < 4.78 is 4.57. The number of hydrogen-bond donors (Lipinski definition) is 0. The maximum Gasteiger partial charge on any atom is 0.305 e. The van der Waals surface area contributed by atoms with E-state index in [0.29, 0.717) is 25.1 Å². The van der Waals surface area contributed by atoms with E-state index in [1.807, 2.05) is 6.07 Å². The molecule has 4 nitrogen and oxygen atoms in total. The summed E-state index contributed by atoms with van der Waals surface area (Å²) >= 11 is 1.61. The van der Waals surface area contributed by atoms with Crippen molar-refractivity contribution in [1.82, 2.24) is 4.90 Å². The van der Waals surface area contributed by atoms with E-state index in [0.717, 1.165) is 5.75 Å². The summed E-state index contributed by atoms with van der Waals surface area (Å²) in [6.45, 7) is 2.65. The lowest BCUT2D eigenvalue weighted by molar-refractivity contribution is -0.141. The number of thioether (sulfide) groups is 1. The number of rotatable bonds is 8. The fraction of sp³-hybridized carbons (Fsp3) is 0.500. The standard InChI is InChI=1S/C16H23NO3S/c1-13-6-4-7-14(10-13)11-21-12-15(18)17(2)9-5-8-16(19)20-3/h4,6-7,10H,5,8-9,11-12H2,1-3H3. The predicted octanol–water partition coefficient (Wildman–Crippen LogP) is 2.64. The first-order chi connectivity index (χ1) is 10.0. The maximum absolute atomic E-state index is 11.9. The minimum atomic E-state index is -0.232. The molecule has 1 amide bonds. The molecule has 0 saturated carbocycles. The Labute approximate surface area is 130 Å². The maximum atomic E-state index is 11.9. The Balaban J connectivity index is 2.22. The molecule has 0 saturated heterocycles. The second kappa shape index (κ2) is 9.45. The Morgan fingerprint density at radius 2 is 2.10 bits per heavy atom. The second-order valence-electron chi connectivity index (χ2n) is 4.98. The molecule has 0 bridgehead atoms. The van der Waals surface area contributed by atoms with Crippen LogP contribution in [-0.4, -0.2) is 43.2 Å². The molecular weight excluding hydrogens is 286 g/mol. The summed E-state index contributed by atoms with van der Waals surface area (Å²) in [5.74, 6) is 1.16. The van der Waals surface area contributed by atoms with Gasteiger partial charge in [-0.25, -0.2) is 0 Å². The molecule has 1 aromatic rings. The van der Waals surface area contributed by atoms with Crippen LogP contribution >= 0.6 is 11.8 Å². The lowest BCUT2D eigenvalue weighted by Crippen LogP contribution is -2.29. The van der Waals surface area contributed by atoms with Gasteiger partial charge in [0.1, 0.15) is 0 Å². The van der Waals surface area contributed by atoms with Crippen LogP contribution in [0, 0.1) is 6.92 Å². The zero-order valence-electron chi connectivity index (χ0n) is 12.9. The SMILES string of the molecule is COC(=O)CCCN(C)C(=O)CSCc1cccc(C)c1. The van der Waals surface area contributed by atoms with Crippen LogP contribution in [0.25, 0.3) is 0 Å². The van der Waals surface area contributed by atoms with Crippen molar-refractivity contribution in [1.29, 1.82) is 0 Å². The third-order valence-electron chi connectivity index (χ3n) is 3.10. The van der Waals surface area contributed by atoms with E-state index in [1.165, 1.54) is 18.2 Å². The number of ether oxygens (including phenoxy) is 1. The zero-order chi connectivity index (χ0) is 15.7. The van der Waals surface area contributed by atoms with Crippen molar-refractivity contribution in [2.24, 2.45) is 0 Å². The monoisotopic (exact) mass is 309 g/mol. The number of carbonyl (C=O) groups is 2. The molecule has 0 aliphatic carbocycles. The topological polar surface area (TPSA) is 46.6 Å². The second-order valence-corrected chi connectivity index (χ2v) is 5.96. The molecule has 116 valence electrons. The van der Waals surface area contributed by atoms with Crippen LogP contribution in [0.4, 0.5) is 0 Å². The predicted molar refractivity (Wildman–Crippen MR) is 86.2 cm³/mol. The van der Waals surface area contributed by atoms with Crippen molar-refractivity contribution in [3.8, 4) is 0 Å². The summed E-state index contributed by atoms with van der Waals surface area (Å²) in [7, 11) is 3.14. The highest BCUT2D eigenvalue weighted by molar-refractivity contribution is 7.99. The summed E-state index contributed by atoms with van der Waals surface area (Å²) in [6.07, 6.45) is 0.988. The van der Waals surface area contributed by atoms with E-state index in [-0.39, 0.29) is 11.9 Å². The first-order valence-corrected chi connectivity index (χ1v) is 8.12. The van der Waals surface area contributed by atoms with Gasteiger partial charge in [-0.05, 0) is 18.9 Å². The van der Waals surface area contributed by atoms with E-state index in [2.05, 4.69) is 29.9 Å². The molecule has 1 rings (SSSR count). The molecule has 0 atom stereocenters. The highest BCUT2D eigenvalue weighted by Gasteiger charge is 2.09. The van der Waals surface area contributed by atoms with E-state index in [1.54, 1.807) is 23.7 Å². The number of hydrogen-bond acceptors (Lipinski definition) is 4. The fourth-order valence-corrected chi connectivity index (χ4v) is 2.77. The van der Waals surface area contributed by atoms with Crippen LogP contribution in [0.1, 0.15) is 24.0 Å². The molecule has 0 spiro atoms. The number of nitrogens with zero attached hydrogens (tertiary/aromatic N) is 1. The van der Waals surface area contributed by atoms with Gasteiger partial charge < -0.3 is 9.64 Å². The Morgan fingerprint density at radius 3 is 2.76 bits per heavy atom. The summed E-state index contributed by atoms with van der Waals surface area (Å²) in [5, 5.41) is 0. The molecular formula is C16H23NO3S. The van der Waals surface area contributed by atoms with Crippen LogP contribution < -0.4 is 0 Å². The van der Waals surface area contributed by atoms with E-state index in [4.69, 9.17) is 0 Å². The highest BCUT2D eigenvalue weighted by atomic mass is 32.2. The Bertz CT molecular complexity index is 476. The van der Waals surface area contributed by atoms with Gasteiger partial charge in [-0.2, -0.15) is 0 Å². The van der Waals surface area contributed by atoms with Gasteiger partial charge in [-0.1, -0.05) is 29.8 Å². The van der Waals surface area contributed by atoms with Crippen molar-refractivity contribution in [2.75, 3.05) is 26.5 Å². The van der Waals surface area contributed by atoms with Crippen molar-refractivity contribution >= 4 is 23.6 Å². The molecule has 0 aliphatic rings. The van der Waals surface area contributed by atoms with Gasteiger partial charge in [-0.3, -0.25) is 9.59 Å². The van der Waals surface area contributed by atoms with Crippen molar-refractivity contribution in [3.05, 3.63) is 35.4 Å². The van der Waals surface area contributed by atoms with Gasteiger partial charge in [0.25, 0.3) is 0 Å². The first-order valence-electron chi connectivity index (χ1n) is 6.97. The van der Waals surface area contributed by atoms with E-state index < -0.39 is 0 Å². The summed E-state index contributed by atoms with van der Waals surface area (Å²) in [4.78, 5) is 24.6. The number of benzene rings is 1. The lowest BCUT2D eigenvalue weighted by Gasteiger charge is -2.16. The molecule has 0 radical (unpaired) electrons. The Morgan fingerprint density at radius 1 is 1.33 bits per heavy atom. The van der Waals surface area contributed by atoms with Crippen molar-refractivity contribution in [2.45, 2.75) is 25.5 Å². The molecule has 5 heteroatoms. The van der Waals surface area contributed by atoms with Gasteiger partial charge in [0.2, 0.25) is 5.91 Å². The van der Waals surface area contributed by atoms with Crippen LogP contribution in [0.15, 0.2) is 24.3 Å². The smallest absolute Gasteiger partial charge is 0.305 e. The Kier molecular flexibility index (Phi) is 7.90. The molecule has 0 N–H and O–H groups in total. The highest BCUT2D eigenvalue weighted by Crippen LogP contribution is 2.14. The molecule has 0 unspecified atom stereocenters. The number of aryl methyl sites for hydroxylation is 1. The van der Waals surface area contributed by atoms with Crippen LogP contribution in [0.2, 0.25) is 0 Å². The van der Waals surface area contributed by atoms with Crippen LogP contribution in [0.5, 0.6) is 0 Å². The van der Waals surface area contributed by atoms with Crippen molar-refractivity contribution in [3.63, 3.8) is 0 Å². The van der Waals surface area contributed by atoms with Gasteiger partial charge in [0.05, 0.1) is 12.9 Å². The number of amides is 1. The zero-order valence-corrected chi connectivity index (χ0v) is 13.7. The molecule has 0 aliphatic heterocycles. The largest absolute Gasteiger partial charge is 0.469 e. The third kappa shape index (κ3) is 7.18. The molecule has 1 aromatic carbocycles. The molecule has 0 aromatic heterocycles. The van der Waals surface area contributed by atoms with Gasteiger partial charge >= 0.3 is 5.97 Å². The van der Waals surface area contributed by atoms with Gasteiger partial charge in [0, 0.05) is 25.8 Å². The van der Waals surface area contributed by atoms with Crippen LogP contribution in [0.3, 0.4) is 0 Å². The average Bonchev–Trinajstić information content (AvgIpc) is 2.46. The molecule has 21 heavy (non-hydrogen) atoms.